The molecule has 1 fully saturated rings. The third kappa shape index (κ3) is 2.39. The molecule has 2 aliphatic rings. The van der Waals surface area contributed by atoms with Crippen LogP contribution >= 0.6 is 0 Å². The summed E-state index contributed by atoms with van der Waals surface area (Å²) in [6.07, 6.45) is -0.731. The van der Waals surface area contributed by atoms with E-state index in [1.165, 1.54) is 0 Å². The standard InChI is InChI=1S/C15H19NO4/c1-10-9-20-12-5-3-2-4-11(12)14(10)16-6-7-19-13(8-16)15(17)18/h2-5,10,13-14H,6-9H2,1H3,(H,17,18). The van der Waals surface area contributed by atoms with Crippen molar-refractivity contribution in [2.75, 3.05) is 26.3 Å². The lowest BCUT2D eigenvalue weighted by atomic mass is 9.90. The molecule has 2 heterocycles. The Morgan fingerprint density at radius 2 is 2.20 bits per heavy atom. The normalized spacial score (nSPS) is 30.4. The van der Waals surface area contributed by atoms with Crippen molar-refractivity contribution < 1.29 is 19.4 Å². The van der Waals surface area contributed by atoms with Gasteiger partial charge in [0.15, 0.2) is 6.10 Å². The van der Waals surface area contributed by atoms with Crippen LogP contribution in [0.3, 0.4) is 0 Å². The van der Waals surface area contributed by atoms with E-state index in [9.17, 15) is 4.79 Å². The molecule has 0 radical (unpaired) electrons. The molecule has 5 heteroatoms. The maximum absolute atomic E-state index is 11.1. The number of morpholine rings is 1. The van der Waals surface area contributed by atoms with Crippen molar-refractivity contribution in [2.45, 2.75) is 19.1 Å². The summed E-state index contributed by atoms with van der Waals surface area (Å²) in [5.41, 5.74) is 1.15. The fraction of sp³-hybridized carbons (Fsp3) is 0.533. The van der Waals surface area contributed by atoms with Crippen molar-refractivity contribution in [3.05, 3.63) is 29.8 Å². The predicted molar refractivity (Wildman–Crippen MR) is 72.8 cm³/mol. The first kappa shape index (κ1) is 13.4. The highest BCUT2D eigenvalue weighted by Gasteiger charge is 2.37. The number of carboxylic acids is 1. The van der Waals surface area contributed by atoms with Crippen LogP contribution in [0, 0.1) is 5.92 Å². The zero-order valence-electron chi connectivity index (χ0n) is 11.5. The number of benzene rings is 1. The number of fused-ring (bicyclic) bond motifs is 1. The maximum Gasteiger partial charge on any atom is 0.334 e. The van der Waals surface area contributed by atoms with Gasteiger partial charge in [-0.25, -0.2) is 4.79 Å². The molecule has 0 saturated carbocycles. The topological polar surface area (TPSA) is 59.0 Å². The average Bonchev–Trinajstić information content (AvgIpc) is 2.47. The van der Waals surface area contributed by atoms with Crippen LogP contribution in [0.2, 0.25) is 0 Å². The van der Waals surface area contributed by atoms with Crippen LogP contribution in [0.1, 0.15) is 18.5 Å². The molecule has 0 spiro atoms. The molecule has 1 saturated heterocycles. The Labute approximate surface area is 118 Å². The zero-order chi connectivity index (χ0) is 14.1. The summed E-state index contributed by atoms with van der Waals surface area (Å²) in [7, 11) is 0. The molecule has 108 valence electrons. The predicted octanol–water partition coefficient (Wildman–Crippen LogP) is 1.54. The van der Waals surface area contributed by atoms with Gasteiger partial charge in [0.25, 0.3) is 0 Å². The summed E-state index contributed by atoms with van der Waals surface area (Å²) in [5, 5.41) is 9.14. The molecule has 3 atom stereocenters. The molecule has 0 aliphatic carbocycles. The number of para-hydroxylation sites is 1. The molecule has 20 heavy (non-hydrogen) atoms. The van der Waals surface area contributed by atoms with E-state index in [1.807, 2.05) is 18.2 Å². The first-order chi connectivity index (χ1) is 9.66. The summed E-state index contributed by atoms with van der Waals surface area (Å²) < 4.78 is 11.1. The van der Waals surface area contributed by atoms with E-state index in [0.717, 1.165) is 17.9 Å². The molecule has 1 aromatic rings. The van der Waals surface area contributed by atoms with E-state index in [-0.39, 0.29) is 6.04 Å². The first-order valence-electron chi connectivity index (χ1n) is 6.97. The number of rotatable bonds is 2. The number of nitrogens with zero attached hydrogens (tertiary/aromatic N) is 1. The number of carbonyl (C=O) groups is 1. The van der Waals surface area contributed by atoms with Crippen molar-refractivity contribution >= 4 is 5.97 Å². The van der Waals surface area contributed by atoms with Crippen molar-refractivity contribution in [3.63, 3.8) is 0 Å². The largest absolute Gasteiger partial charge is 0.493 e. The molecule has 3 rings (SSSR count). The van der Waals surface area contributed by atoms with Crippen LogP contribution in [0.5, 0.6) is 5.75 Å². The van der Waals surface area contributed by atoms with Crippen molar-refractivity contribution in [1.29, 1.82) is 0 Å². The van der Waals surface area contributed by atoms with Gasteiger partial charge in [0.1, 0.15) is 5.75 Å². The number of hydrogen-bond acceptors (Lipinski definition) is 4. The maximum atomic E-state index is 11.1. The lowest BCUT2D eigenvalue weighted by Crippen LogP contribution is -2.50. The Hall–Kier alpha value is -1.59. The van der Waals surface area contributed by atoms with Gasteiger partial charge in [0, 0.05) is 30.6 Å². The van der Waals surface area contributed by atoms with Gasteiger partial charge in [0.2, 0.25) is 0 Å². The molecule has 2 aliphatic heterocycles. The third-order valence-corrected chi connectivity index (χ3v) is 4.05. The minimum Gasteiger partial charge on any atom is -0.493 e. The molecule has 1 N–H and O–H groups in total. The van der Waals surface area contributed by atoms with Crippen molar-refractivity contribution in [3.8, 4) is 5.75 Å². The van der Waals surface area contributed by atoms with E-state index >= 15 is 0 Å². The van der Waals surface area contributed by atoms with Gasteiger partial charge in [-0.15, -0.1) is 0 Å². The average molecular weight is 277 g/mol. The van der Waals surface area contributed by atoms with Crippen molar-refractivity contribution in [2.24, 2.45) is 5.92 Å². The summed E-state index contributed by atoms with van der Waals surface area (Å²) in [6.45, 7) is 4.46. The van der Waals surface area contributed by atoms with E-state index in [4.69, 9.17) is 14.6 Å². The Morgan fingerprint density at radius 1 is 1.40 bits per heavy atom. The minimum atomic E-state index is -0.886. The van der Waals surface area contributed by atoms with Gasteiger partial charge in [-0.2, -0.15) is 0 Å². The second kappa shape index (κ2) is 5.42. The summed E-state index contributed by atoms with van der Waals surface area (Å²) >= 11 is 0. The smallest absolute Gasteiger partial charge is 0.334 e. The summed E-state index contributed by atoms with van der Waals surface area (Å²) in [5.74, 6) is 0.356. The van der Waals surface area contributed by atoms with E-state index < -0.39 is 12.1 Å². The summed E-state index contributed by atoms with van der Waals surface area (Å²) in [4.78, 5) is 13.4. The lowest BCUT2D eigenvalue weighted by molar-refractivity contribution is -0.158. The highest BCUT2D eigenvalue weighted by molar-refractivity contribution is 5.72. The van der Waals surface area contributed by atoms with Gasteiger partial charge in [-0.05, 0) is 6.07 Å². The molecule has 0 amide bonds. The Morgan fingerprint density at radius 3 is 3.00 bits per heavy atom. The Balaban J connectivity index is 1.87. The minimum absolute atomic E-state index is 0.200. The van der Waals surface area contributed by atoms with E-state index in [2.05, 4.69) is 17.9 Å². The second-order valence-electron chi connectivity index (χ2n) is 5.46. The number of ether oxygens (including phenoxy) is 2. The Bertz CT molecular complexity index is 504. The van der Waals surface area contributed by atoms with E-state index in [1.54, 1.807) is 0 Å². The van der Waals surface area contributed by atoms with Crippen LogP contribution in [-0.2, 0) is 9.53 Å². The highest BCUT2D eigenvalue weighted by Crippen LogP contribution is 2.39. The van der Waals surface area contributed by atoms with Crippen molar-refractivity contribution in [1.82, 2.24) is 4.90 Å². The number of aliphatic carboxylic acids is 1. The molecular weight excluding hydrogens is 258 g/mol. The van der Waals surface area contributed by atoms with Gasteiger partial charge >= 0.3 is 5.97 Å². The van der Waals surface area contributed by atoms with Crippen LogP contribution in [0.15, 0.2) is 24.3 Å². The monoisotopic (exact) mass is 277 g/mol. The molecule has 3 unspecified atom stereocenters. The number of hydrogen-bond donors (Lipinski definition) is 1. The molecule has 1 aromatic carbocycles. The summed E-state index contributed by atoms with van der Waals surface area (Å²) in [6, 6.07) is 8.21. The van der Waals surface area contributed by atoms with Gasteiger partial charge in [-0.1, -0.05) is 25.1 Å². The third-order valence-electron chi connectivity index (χ3n) is 4.05. The molecule has 5 nitrogen and oxygen atoms in total. The quantitative estimate of drug-likeness (QED) is 0.888. The van der Waals surface area contributed by atoms with Gasteiger partial charge in [-0.3, -0.25) is 4.90 Å². The molecule has 0 aromatic heterocycles. The fourth-order valence-electron chi connectivity index (χ4n) is 3.10. The molecule has 0 bridgehead atoms. The van der Waals surface area contributed by atoms with Crippen LogP contribution in [-0.4, -0.2) is 48.4 Å². The SMILES string of the molecule is CC1COc2ccccc2C1N1CCOC(C(=O)O)C1. The van der Waals surface area contributed by atoms with Gasteiger partial charge < -0.3 is 14.6 Å². The molecular formula is C15H19NO4. The second-order valence-corrected chi connectivity index (χ2v) is 5.46. The van der Waals surface area contributed by atoms with E-state index in [0.29, 0.717) is 25.7 Å². The zero-order valence-corrected chi connectivity index (χ0v) is 11.5. The van der Waals surface area contributed by atoms with Crippen LogP contribution < -0.4 is 4.74 Å². The Kier molecular flexibility index (Phi) is 3.63. The number of carboxylic acid groups (broad SMARTS) is 1. The van der Waals surface area contributed by atoms with Crippen LogP contribution in [0.4, 0.5) is 0 Å². The lowest BCUT2D eigenvalue weighted by Gasteiger charge is -2.42. The highest BCUT2D eigenvalue weighted by atomic mass is 16.5. The van der Waals surface area contributed by atoms with Crippen LogP contribution in [0.25, 0.3) is 0 Å². The van der Waals surface area contributed by atoms with Gasteiger partial charge in [0.05, 0.1) is 13.2 Å². The fourth-order valence-corrected chi connectivity index (χ4v) is 3.10. The first-order valence-corrected chi connectivity index (χ1v) is 6.97.